The van der Waals surface area contributed by atoms with Crippen LogP contribution in [0.1, 0.15) is 187 Å². The van der Waals surface area contributed by atoms with Crippen LogP contribution in [0, 0.1) is 0 Å². The average molecular weight is 774 g/mol. The number of aliphatic carboxylic acids is 1. The molecule has 0 aromatic rings. The van der Waals surface area contributed by atoms with Crippen molar-refractivity contribution in [3.8, 4) is 0 Å². The maximum absolute atomic E-state index is 12.3. The standard InChI is InChI=1S/C41H76NO10P/c1-3-5-7-9-11-13-15-17-19-20-22-24-26-28-30-32-39(44)42-38(41(46)47)36-52-53(48,49)51-35-37(43)34-50-40(45)33-31-29-27-25-23-21-18-16-14-12-10-8-6-4-2/h11,13,17,19,37-38,43H,3-10,12,14-16,18,20-36H2,1-2H3,(H,42,44)(H,46,47)(H,48,49)/b13-11-,19-17-. The second-order valence-corrected chi connectivity index (χ2v) is 15.6. The number of ether oxygens (including phenoxy) is 1. The van der Waals surface area contributed by atoms with Gasteiger partial charge in [0.1, 0.15) is 12.7 Å². The molecule has 310 valence electrons. The van der Waals surface area contributed by atoms with Gasteiger partial charge in [0.2, 0.25) is 5.91 Å². The summed E-state index contributed by atoms with van der Waals surface area (Å²) in [6.07, 6.45) is 36.3. The molecule has 0 radical (unpaired) electrons. The highest BCUT2D eigenvalue weighted by atomic mass is 31.2. The zero-order chi connectivity index (χ0) is 39.3. The number of allylic oxidation sites excluding steroid dienone is 4. The lowest BCUT2D eigenvalue weighted by molar-refractivity contribution is -0.147. The third-order valence-corrected chi connectivity index (χ3v) is 9.94. The van der Waals surface area contributed by atoms with Gasteiger partial charge >= 0.3 is 19.8 Å². The van der Waals surface area contributed by atoms with Crippen molar-refractivity contribution in [2.75, 3.05) is 19.8 Å². The number of amides is 1. The zero-order valence-corrected chi connectivity index (χ0v) is 34.2. The Morgan fingerprint density at radius 2 is 1.04 bits per heavy atom. The number of phosphoric ester groups is 1. The van der Waals surface area contributed by atoms with Crippen LogP contribution >= 0.6 is 7.82 Å². The van der Waals surface area contributed by atoms with Crippen molar-refractivity contribution in [3.63, 3.8) is 0 Å². The fourth-order valence-corrected chi connectivity index (χ4v) is 6.47. The van der Waals surface area contributed by atoms with Crippen LogP contribution in [0.4, 0.5) is 0 Å². The Morgan fingerprint density at radius 1 is 0.604 bits per heavy atom. The number of carbonyl (C=O) groups is 3. The van der Waals surface area contributed by atoms with E-state index in [1.54, 1.807) is 0 Å². The first-order valence-electron chi connectivity index (χ1n) is 20.9. The Morgan fingerprint density at radius 3 is 1.57 bits per heavy atom. The minimum atomic E-state index is -4.75. The number of carboxylic acid groups (broad SMARTS) is 1. The third kappa shape index (κ3) is 36.7. The third-order valence-electron chi connectivity index (χ3n) is 8.99. The van der Waals surface area contributed by atoms with Crippen LogP contribution < -0.4 is 5.32 Å². The molecule has 0 aromatic carbocycles. The van der Waals surface area contributed by atoms with E-state index in [1.807, 2.05) is 0 Å². The topological polar surface area (TPSA) is 169 Å². The predicted molar refractivity (Wildman–Crippen MR) is 213 cm³/mol. The highest BCUT2D eigenvalue weighted by molar-refractivity contribution is 7.47. The van der Waals surface area contributed by atoms with Gasteiger partial charge in [-0.05, 0) is 44.9 Å². The number of aliphatic hydroxyl groups excluding tert-OH is 1. The van der Waals surface area contributed by atoms with Gasteiger partial charge in [-0.3, -0.25) is 18.6 Å². The molecule has 0 aliphatic heterocycles. The second-order valence-electron chi connectivity index (χ2n) is 14.2. The van der Waals surface area contributed by atoms with Gasteiger partial charge in [0.25, 0.3) is 0 Å². The minimum Gasteiger partial charge on any atom is -0.480 e. The van der Waals surface area contributed by atoms with E-state index in [0.29, 0.717) is 12.8 Å². The van der Waals surface area contributed by atoms with Crippen LogP contribution in [0.3, 0.4) is 0 Å². The number of esters is 1. The molecule has 0 bridgehead atoms. The molecule has 3 unspecified atom stereocenters. The molecule has 0 heterocycles. The Bertz CT molecular complexity index is 1010. The Balaban J connectivity index is 3.94. The van der Waals surface area contributed by atoms with Gasteiger partial charge in [0.05, 0.1) is 13.2 Å². The highest BCUT2D eigenvalue weighted by Gasteiger charge is 2.28. The van der Waals surface area contributed by atoms with Gasteiger partial charge in [-0.1, -0.05) is 154 Å². The molecule has 12 heteroatoms. The zero-order valence-electron chi connectivity index (χ0n) is 33.3. The smallest absolute Gasteiger partial charge is 0.472 e. The van der Waals surface area contributed by atoms with Gasteiger partial charge in [-0.2, -0.15) is 0 Å². The van der Waals surface area contributed by atoms with Gasteiger partial charge in [0.15, 0.2) is 6.04 Å². The summed E-state index contributed by atoms with van der Waals surface area (Å²) >= 11 is 0. The molecule has 0 rings (SSSR count). The van der Waals surface area contributed by atoms with Gasteiger partial charge in [0, 0.05) is 12.8 Å². The monoisotopic (exact) mass is 774 g/mol. The van der Waals surface area contributed by atoms with Crippen molar-refractivity contribution >= 4 is 25.7 Å². The van der Waals surface area contributed by atoms with Crippen LogP contribution in [-0.4, -0.2) is 64.9 Å². The number of unbranched alkanes of at least 4 members (excludes halogenated alkanes) is 21. The maximum atomic E-state index is 12.3. The van der Waals surface area contributed by atoms with Gasteiger partial charge < -0.3 is 25.2 Å². The lowest BCUT2D eigenvalue weighted by Crippen LogP contribution is -2.43. The Kier molecular flexibility index (Phi) is 35.5. The molecule has 4 N–H and O–H groups in total. The van der Waals surface area contributed by atoms with Crippen molar-refractivity contribution in [3.05, 3.63) is 24.3 Å². The molecule has 0 saturated carbocycles. The molecule has 3 atom stereocenters. The molecule has 0 aliphatic carbocycles. The molecule has 0 fully saturated rings. The van der Waals surface area contributed by atoms with Crippen LogP contribution in [0.25, 0.3) is 0 Å². The normalized spacial score (nSPS) is 14.0. The van der Waals surface area contributed by atoms with E-state index in [0.717, 1.165) is 64.2 Å². The Hall–Kier alpha value is -2.04. The summed E-state index contributed by atoms with van der Waals surface area (Å²) < 4.78 is 26.8. The number of hydrogen-bond donors (Lipinski definition) is 4. The maximum Gasteiger partial charge on any atom is 0.472 e. The van der Waals surface area contributed by atoms with Crippen molar-refractivity contribution in [2.45, 2.75) is 199 Å². The van der Waals surface area contributed by atoms with Crippen LogP contribution in [-0.2, 0) is 32.7 Å². The van der Waals surface area contributed by atoms with Crippen LogP contribution in [0.5, 0.6) is 0 Å². The van der Waals surface area contributed by atoms with Crippen molar-refractivity contribution in [1.82, 2.24) is 5.32 Å². The number of rotatable bonds is 39. The number of nitrogens with one attached hydrogen (secondary N) is 1. The summed E-state index contributed by atoms with van der Waals surface area (Å²) in [7, 11) is -4.75. The van der Waals surface area contributed by atoms with Crippen molar-refractivity contribution < 1.29 is 47.8 Å². The first-order chi connectivity index (χ1) is 25.6. The van der Waals surface area contributed by atoms with E-state index >= 15 is 0 Å². The minimum absolute atomic E-state index is 0.131. The van der Waals surface area contributed by atoms with Gasteiger partial charge in [-0.15, -0.1) is 0 Å². The van der Waals surface area contributed by atoms with Crippen molar-refractivity contribution in [1.29, 1.82) is 0 Å². The first-order valence-corrected chi connectivity index (χ1v) is 22.4. The van der Waals surface area contributed by atoms with E-state index in [1.165, 1.54) is 83.5 Å². The SMILES string of the molecule is CCCCC/C=C\C/C=C\CCCCCCCC(=O)NC(COP(=O)(O)OCC(O)COC(=O)CCCCCCCCCCCCCCCC)C(=O)O. The fraction of sp³-hybridized carbons (Fsp3) is 0.829. The average Bonchev–Trinajstić information content (AvgIpc) is 3.13. The van der Waals surface area contributed by atoms with E-state index in [-0.39, 0.29) is 12.8 Å². The fourth-order valence-electron chi connectivity index (χ4n) is 5.70. The molecular weight excluding hydrogens is 697 g/mol. The summed E-state index contributed by atoms with van der Waals surface area (Å²) in [6.45, 7) is 2.55. The summed E-state index contributed by atoms with van der Waals surface area (Å²) in [6, 6.07) is -1.55. The summed E-state index contributed by atoms with van der Waals surface area (Å²) in [5.74, 6) is -2.39. The van der Waals surface area contributed by atoms with E-state index in [9.17, 15) is 34.1 Å². The first kappa shape index (κ1) is 51.0. The quantitative estimate of drug-likeness (QED) is 0.0204. The number of phosphoric acid groups is 1. The number of hydrogen-bond acceptors (Lipinski definition) is 8. The summed E-state index contributed by atoms with van der Waals surface area (Å²) in [5.41, 5.74) is 0. The highest BCUT2D eigenvalue weighted by Crippen LogP contribution is 2.43. The Labute approximate surface area is 321 Å². The van der Waals surface area contributed by atoms with Gasteiger partial charge in [-0.25, -0.2) is 9.36 Å². The molecule has 0 spiro atoms. The molecule has 1 amide bonds. The largest absolute Gasteiger partial charge is 0.480 e. The number of aliphatic hydroxyl groups is 1. The lowest BCUT2D eigenvalue weighted by Gasteiger charge is -2.18. The van der Waals surface area contributed by atoms with Crippen molar-refractivity contribution in [2.24, 2.45) is 0 Å². The van der Waals surface area contributed by atoms with E-state index in [4.69, 9.17) is 13.8 Å². The number of carboxylic acids is 1. The molecule has 0 aromatic heterocycles. The van der Waals surface area contributed by atoms with E-state index in [2.05, 4.69) is 43.5 Å². The molecule has 11 nitrogen and oxygen atoms in total. The molecular formula is C41H76NO10P. The predicted octanol–water partition coefficient (Wildman–Crippen LogP) is 10.3. The van der Waals surface area contributed by atoms with E-state index < -0.39 is 57.6 Å². The number of carbonyl (C=O) groups excluding carboxylic acids is 2. The summed E-state index contributed by atoms with van der Waals surface area (Å²) in [5, 5.41) is 21.8. The lowest BCUT2D eigenvalue weighted by atomic mass is 10.0. The molecule has 0 saturated heterocycles. The van der Waals surface area contributed by atoms with Crippen LogP contribution in [0.15, 0.2) is 24.3 Å². The second kappa shape index (κ2) is 36.9. The molecule has 0 aliphatic rings. The molecule has 53 heavy (non-hydrogen) atoms. The summed E-state index contributed by atoms with van der Waals surface area (Å²) in [4.78, 5) is 45.8. The van der Waals surface area contributed by atoms with Crippen LogP contribution in [0.2, 0.25) is 0 Å².